The molecule has 0 amide bonds. The van der Waals surface area contributed by atoms with Gasteiger partial charge in [-0.2, -0.15) is 0 Å². The van der Waals surface area contributed by atoms with Crippen LogP contribution in [0.4, 0.5) is 0 Å². The van der Waals surface area contributed by atoms with Crippen molar-refractivity contribution in [3.05, 3.63) is 0 Å². The minimum absolute atomic E-state index is 0.366. The zero-order valence-corrected chi connectivity index (χ0v) is 8.70. The van der Waals surface area contributed by atoms with E-state index in [9.17, 15) is 0 Å². The summed E-state index contributed by atoms with van der Waals surface area (Å²) in [6.45, 7) is 4.46. The monoisotopic (exact) mass is 194 g/mol. The Balaban J connectivity index is 2.47. The van der Waals surface area contributed by atoms with Crippen LogP contribution in [0.25, 0.3) is 0 Å². The molecule has 0 heterocycles. The third-order valence-electron chi connectivity index (χ3n) is 2.60. The number of halogens is 2. The molecule has 1 fully saturated rings. The topological polar surface area (TPSA) is 0 Å². The normalized spacial score (nSPS) is 39.5. The van der Waals surface area contributed by atoms with Crippen molar-refractivity contribution in [3.63, 3.8) is 0 Å². The van der Waals surface area contributed by atoms with Crippen LogP contribution < -0.4 is 0 Å². The van der Waals surface area contributed by atoms with E-state index in [0.717, 1.165) is 19.3 Å². The van der Waals surface area contributed by atoms with Gasteiger partial charge in [0.1, 0.15) is 0 Å². The molecular weight excluding hydrogens is 179 g/mol. The molecule has 2 heteroatoms. The van der Waals surface area contributed by atoms with Crippen LogP contribution in [0, 0.1) is 11.8 Å². The fourth-order valence-electron chi connectivity index (χ4n) is 1.80. The molecule has 0 aliphatic heterocycles. The molecule has 1 aliphatic rings. The van der Waals surface area contributed by atoms with Crippen LogP contribution >= 0.6 is 23.2 Å². The summed E-state index contributed by atoms with van der Waals surface area (Å²) in [6.07, 6.45) is 3.30. The van der Waals surface area contributed by atoms with Crippen molar-refractivity contribution in [2.75, 3.05) is 0 Å². The molecule has 0 nitrogen and oxygen atoms in total. The molecule has 1 aliphatic carbocycles. The van der Waals surface area contributed by atoms with E-state index in [1.165, 1.54) is 0 Å². The largest absolute Gasteiger partial charge is 0.123 e. The number of alkyl halides is 2. The first-order valence-corrected chi connectivity index (χ1v) is 5.26. The maximum atomic E-state index is 6.18. The molecule has 0 aromatic carbocycles. The summed E-state index contributed by atoms with van der Waals surface area (Å²) < 4.78 is 0. The van der Waals surface area contributed by atoms with Gasteiger partial charge in [-0.15, -0.1) is 23.2 Å². The molecule has 3 atom stereocenters. The van der Waals surface area contributed by atoms with E-state index >= 15 is 0 Å². The van der Waals surface area contributed by atoms with E-state index in [0.29, 0.717) is 22.6 Å². The van der Waals surface area contributed by atoms with E-state index in [1.54, 1.807) is 0 Å². The third-order valence-corrected chi connectivity index (χ3v) is 3.54. The summed E-state index contributed by atoms with van der Waals surface area (Å²) >= 11 is 12.2. The van der Waals surface area contributed by atoms with Gasteiger partial charge in [0.05, 0.1) is 0 Å². The second-order valence-corrected chi connectivity index (χ2v) is 5.01. The van der Waals surface area contributed by atoms with Crippen LogP contribution in [0.5, 0.6) is 0 Å². The van der Waals surface area contributed by atoms with E-state index in [-0.39, 0.29) is 0 Å². The Labute approximate surface area is 79.3 Å². The average molecular weight is 195 g/mol. The Bertz CT molecular complexity index is 123. The third kappa shape index (κ3) is 2.52. The lowest BCUT2D eigenvalue weighted by atomic mass is 9.81. The van der Waals surface area contributed by atoms with Crippen molar-refractivity contribution in [2.24, 2.45) is 11.8 Å². The van der Waals surface area contributed by atoms with Gasteiger partial charge < -0.3 is 0 Å². The summed E-state index contributed by atoms with van der Waals surface area (Å²) in [5, 5.41) is 0.738. The highest BCUT2D eigenvalue weighted by molar-refractivity contribution is 6.22. The molecule has 11 heavy (non-hydrogen) atoms. The Morgan fingerprint density at radius 3 is 2.27 bits per heavy atom. The van der Waals surface area contributed by atoms with Gasteiger partial charge in [-0.1, -0.05) is 13.8 Å². The second-order valence-electron chi connectivity index (χ2n) is 3.83. The Kier molecular flexibility index (Phi) is 3.52. The van der Waals surface area contributed by atoms with Gasteiger partial charge in [-0.3, -0.25) is 0 Å². The first kappa shape index (κ1) is 9.67. The minimum atomic E-state index is 0.366. The van der Waals surface area contributed by atoms with Crippen molar-refractivity contribution in [3.8, 4) is 0 Å². The molecule has 1 rings (SSSR count). The average Bonchev–Trinajstić information content (AvgIpc) is 1.94. The van der Waals surface area contributed by atoms with Gasteiger partial charge in [0.15, 0.2) is 0 Å². The Hall–Kier alpha value is 0.580. The zero-order valence-electron chi connectivity index (χ0n) is 7.19. The highest BCUT2D eigenvalue weighted by atomic mass is 35.5. The van der Waals surface area contributed by atoms with Crippen LogP contribution in [0.1, 0.15) is 33.1 Å². The predicted octanol–water partition coefficient (Wildman–Crippen LogP) is 3.66. The first-order chi connectivity index (χ1) is 5.11. The van der Waals surface area contributed by atoms with E-state index in [4.69, 9.17) is 23.2 Å². The quantitative estimate of drug-likeness (QED) is 0.560. The summed E-state index contributed by atoms with van der Waals surface area (Å²) in [5.74, 6) is 1.31. The number of hydrogen-bond donors (Lipinski definition) is 0. The standard InChI is InChI=1S/C9H16Cl2/c1-6(2)8-5-7(10)3-4-9(8)11/h6-9H,3-5H2,1-2H3. The molecule has 0 spiro atoms. The molecule has 0 radical (unpaired) electrons. The number of rotatable bonds is 1. The fourth-order valence-corrected chi connectivity index (χ4v) is 2.66. The van der Waals surface area contributed by atoms with Crippen molar-refractivity contribution in [2.45, 2.75) is 43.9 Å². The molecule has 66 valence electrons. The lowest BCUT2D eigenvalue weighted by Crippen LogP contribution is -2.29. The van der Waals surface area contributed by atoms with Crippen molar-refractivity contribution >= 4 is 23.2 Å². The molecule has 0 aromatic rings. The summed E-state index contributed by atoms with van der Waals surface area (Å²) in [7, 11) is 0. The first-order valence-electron chi connectivity index (χ1n) is 4.39. The molecule has 0 saturated heterocycles. The van der Waals surface area contributed by atoms with Crippen molar-refractivity contribution in [1.29, 1.82) is 0 Å². The molecule has 0 N–H and O–H groups in total. The van der Waals surface area contributed by atoms with Crippen LogP contribution in [0.15, 0.2) is 0 Å². The van der Waals surface area contributed by atoms with Gasteiger partial charge in [0, 0.05) is 10.8 Å². The van der Waals surface area contributed by atoms with Crippen molar-refractivity contribution in [1.82, 2.24) is 0 Å². The van der Waals surface area contributed by atoms with Crippen LogP contribution in [0.2, 0.25) is 0 Å². The summed E-state index contributed by atoms with van der Waals surface area (Å²) in [6, 6.07) is 0. The maximum absolute atomic E-state index is 6.18. The summed E-state index contributed by atoms with van der Waals surface area (Å²) in [5.41, 5.74) is 0. The Morgan fingerprint density at radius 1 is 1.18 bits per heavy atom. The zero-order chi connectivity index (χ0) is 8.43. The molecule has 0 aromatic heterocycles. The van der Waals surface area contributed by atoms with Gasteiger partial charge in [0.25, 0.3) is 0 Å². The lowest BCUT2D eigenvalue weighted by molar-refractivity contribution is 0.289. The second kappa shape index (κ2) is 4.00. The van der Waals surface area contributed by atoms with Crippen LogP contribution in [0.3, 0.4) is 0 Å². The van der Waals surface area contributed by atoms with E-state index in [1.807, 2.05) is 0 Å². The minimum Gasteiger partial charge on any atom is -0.123 e. The SMILES string of the molecule is CC(C)C1CC(Cl)CCC1Cl. The van der Waals surface area contributed by atoms with Gasteiger partial charge in [-0.05, 0) is 31.1 Å². The van der Waals surface area contributed by atoms with E-state index < -0.39 is 0 Å². The van der Waals surface area contributed by atoms with Gasteiger partial charge in [-0.25, -0.2) is 0 Å². The Morgan fingerprint density at radius 2 is 1.82 bits per heavy atom. The predicted molar refractivity (Wildman–Crippen MR) is 51.5 cm³/mol. The van der Waals surface area contributed by atoms with Gasteiger partial charge >= 0.3 is 0 Å². The van der Waals surface area contributed by atoms with Crippen molar-refractivity contribution < 1.29 is 0 Å². The molecular formula is C9H16Cl2. The van der Waals surface area contributed by atoms with Crippen LogP contribution in [-0.4, -0.2) is 10.8 Å². The van der Waals surface area contributed by atoms with Crippen LogP contribution in [-0.2, 0) is 0 Å². The summed E-state index contributed by atoms with van der Waals surface area (Å²) in [4.78, 5) is 0. The molecule has 0 bridgehead atoms. The van der Waals surface area contributed by atoms with E-state index in [2.05, 4.69) is 13.8 Å². The molecule has 1 saturated carbocycles. The maximum Gasteiger partial charge on any atom is 0.0367 e. The highest BCUT2D eigenvalue weighted by Crippen LogP contribution is 2.35. The van der Waals surface area contributed by atoms with Gasteiger partial charge in [0.2, 0.25) is 0 Å². The highest BCUT2D eigenvalue weighted by Gasteiger charge is 2.29. The number of hydrogen-bond acceptors (Lipinski definition) is 0. The lowest BCUT2D eigenvalue weighted by Gasteiger charge is -2.32. The smallest absolute Gasteiger partial charge is 0.0367 e. The fraction of sp³-hybridized carbons (Fsp3) is 1.00. The molecule has 3 unspecified atom stereocenters.